The van der Waals surface area contributed by atoms with Crippen LogP contribution in [0.2, 0.25) is 0 Å². The summed E-state index contributed by atoms with van der Waals surface area (Å²) >= 11 is 0. The molecule has 0 saturated carbocycles. The van der Waals surface area contributed by atoms with Gasteiger partial charge in [-0.2, -0.15) is 9.48 Å². The molecule has 0 heterocycles. The summed E-state index contributed by atoms with van der Waals surface area (Å²) in [5.41, 5.74) is -0.887. The fourth-order valence-electron chi connectivity index (χ4n) is 2.24. The first-order valence-electron chi connectivity index (χ1n) is 8.80. The molecule has 2 aromatic carbocycles. The Bertz CT molecular complexity index is 942. The van der Waals surface area contributed by atoms with Crippen LogP contribution in [0.3, 0.4) is 0 Å². The van der Waals surface area contributed by atoms with Gasteiger partial charge in [-0.15, -0.1) is 0 Å². The smallest absolute Gasteiger partial charge is 0.462 e. The monoisotopic (exact) mass is 449 g/mol. The number of hydrogen-bond donors (Lipinski definition) is 1. The topological polar surface area (TPSA) is 73.9 Å². The molecule has 30 heavy (non-hydrogen) atoms. The summed E-state index contributed by atoms with van der Waals surface area (Å²) in [5.74, 6) is -9.76. The summed E-state index contributed by atoms with van der Waals surface area (Å²) in [6, 6.07) is 6.06. The second-order valence-electron chi connectivity index (χ2n) is 6.54. The van der Waals surface area contributed by atoms with Crippen LogP contribution in [-0.2, 0) is 14.1 Å². The third-order valence-electron chi connectivity index (χ3n) is 3.68. The van der Waals surface area contributed by atoms with Crippen molar-refractivity contribution in [2.45, 2.75) is 39.8 Å². The third-order valence-corrected chi connectivity index (χ3v) is 5.26. The first-order chi connectivity index (χ1) is 13.9. The van der Waals surface area contributed by atoms with Crippen molar-refractivity contribution >= 4 is 13.7 Å². The van der Waals surface area contributed by atoms with Crippen molar-refractivity contribution in [3.8, 4) is 11.5 Å². The van der Waals surface area contributed by atoms with E-state index in [2.05, 4.69) is 5.09 Å². The minimum atomic E-state index is -4.75. The standard InChI is InChI=1S/C19H20F4NO5P/c1-10(2)27-19(25)12(4)24-30(26,28-13-8-6-5-7-9-13)29-18-15(21)11(3)14(20)16(22)17(18)23/h5-10,12H,1-4H3,(H,24,26)/t12-,30+/m1/s1. The number of ether oxygens (including phenoxy) is 1. The maximum atomic E-state index is 14.4. The number of benzene rings is 2. The minimum Gasteiger partial charge on any atom is -0.462 e. The number of nitrogens with one attached hydrogen (secondary N) is 1. The van der Waals surface area contributed by atoms with Crippen molar-refractivity contribution < 1.29 is 40.7 Å². The number of para-hydroxylation sites is 1. The summed E-state index contributed by atoms with van der Waals surface area (Å²) in [4.78, 5) is 12.0. The lowest BCUT2D eigenvalue weighted by atomic mass is 10.2. The molecule has 0 aliphatic heterocycles. The lowest BCUT2D eigenvalue weighted by Crippen LogP contribution is -2.37. The van der Waals surface area contributed by atoms with Crippen LogP contribution in [0.4, 0.5) is 17.6 Å². The zero-order valence-electron chi connectivity index (χ0n) is 16.5. The normalized spacial score (nSPS) is 14.2. The van der Waals surface area contributed by atoms with Crippen molar-refractivity contribution in [2.24, 2.45) is 0 Å². The molecule has 0 radical (unpaired) electrons. The van der Waals surface area contributed by atoms with E-state index in [9.17, 15) is 26.9 Å². The van der Waals surface area contributed by atoms with E-state index in [1.54, 1.807) is 19.9 Å². The fourth-order valence-corrected chi connectivity index (χ4v) is 3.76. The molecule has 0 spiro atoms. The molecule has 6 nitrogen and oxygen atoms in total. The van der Waals surface area contributed by atoms with E-state index in [0.29, 0.717) is 0 Å². The SMILES string of the molecule is Cc1c(F)c(F)c(F)c(O[P@](=O)(N[C@H](C)C(=O)OC(C)C)Oc2ccccc2)c1F. The third kappa shape index (κ3) is 5.52. The van der Waals surface area contributed by atoms with Gasteiger partial charge in [0.15, 0.2) is 17.5 Å². The van der Waals surface area contributed by atoms with Crippen molar-refractivity contribution in [3.05, 3.63) is 59.2 Å². The number of esters is 1. The van der Waals surface area contributed by atoms with Gasteiger partial charge in [0.25, 0.3) is 0 Å². The van der Waals surface area contributed by atoms with Gasteiger partial charge in [0.2, 0.25) is 11.6 Å². The van der Waals surface area contributed by atoms with E-state index in [-0.39, 0.29) is 5.75 Å². The maximum absolute atomic E-state index is 14.4. The summed E-state index contributed by atoms with van der Waals surface area (Å²) in [5, 5.41) is 2.19. The molecule has 0 unspecified atom stereocenters. The highest BCUT2D eigenvalue weighted by atomic mass is 31.2. The van der Waals surface area contributed by atoms with Crippen LogP contribution in [0.15, 0.2) is 30.3 Å². The first kappa shape index (κ1) is 23.7. The Kier molecular flexibility index (Phi) is 7.49. The number of carbonyl (C=O) groups is 1. The van der Waals surface area contributed by atoms with Crippen molar-refractivity contribution in [2.75, 3.05) is 0 Å². The largest absolute Gasteiger partial charge is 0.513 e. The molecule has 0 aliphatic carbocycles. The van der Waals surface area contributed by atoms with Gasteiger partial charge >= 0.3 is 13.7 Å². The maximum Gasteiger partial charge on any atom is 0.513 e. The van der Waals surface area contributed by atoms with Gasteiger partial charge in [0, 0.05) is 5.56 Å². The second-order valence-corrected chi connectivity index (χ2v) is 8.16. The molecule has 0 amide bonds. The molecule has 2 aromatic rings. The van der Waals surface area contributed by atoms with E-state index < -0.39 is 60.4 Å². The molecule has 2 atom stereocenters. The Morgan fingerprint density at radius 1 is 0.933 bits per heavy atom. The predicted octanol–water partition coefficient (Wildman–Crippen LogP) is 5.05. The number of halogens is 4. The van der Waals surface area contributed by atoms with Gasteiger partial charge in [-0.1, -0.05) is 18.2 Å². The molecular formula is C19H20F4NO5P. The Morgan fingerprint density at radius 2 is 1.53 bits per heavy atom. The average molecular weight is 449 g/mol. The number of carbonyl (C=O) groups excluding carboxylic acids is 1. The van der Waals surface area contributed by atoms with Crippen LogP contribution in [0, 0.1) is 30.2 Å². The van der Waals surface area contributed by atoms with E-state index in [4.69, 9.17) is 13.8 Å². The zero-order valence-corrected chi connectivity index (χ0v) is 17.4. The number of rotatable bonds is 8. The Balaban J connectivity index is 2.45. The summed E-state index contributed by atoms with van der Waals surface area (Å²) in [6.45, 7) is 5.25. The van der Waals surface area contributed by atoms with Gasteiger partial charge in [0.05, 0.1) is 6.10 Å². The zero-order chi connectivity index (χ0) is 22.6. The van der Waals surface area contributed by atoms with E-state index in [1.165, 1.54) is 31.2 Å². The minimum absolute atomic E-state index is 0.0436. The van der Waals surface area contributed by atoms with Crippen molar-refractivity contribution in [1.29, 1.82) is 0 Å². The van der Waals surface area contributed by atoms with Crippen molar-refractivity contribution in [3.63, 3.8) is 0 Å². The van der Waals surface area contributed by atoms with Crippen LogP contribution in [0.5, 0.6) is 11.5 Å². The highest BCUT2D eigenvalue weighted by Crippen LogP contribution is 2.47. The highest BCUT2D eigenvalue weighted by Gasteiger charge is 2.37. The van der Waals surface area contributed by atoms with Crippen molar-refractivity contribution in [1.82, 2.24) is 5.09 Å². The quantitative estimate of drug-likeness (QED) is 0.200. The Morgan fingerprint density at radius 3 is 2.10 bits per heavy atom. The van der Waals surface area contributed by atoms with Crippen LogP contribution in [0.25, 0.3) is 0 Å². The van der Waals surface area contributed by atoms with Gasteiger partial charge < -0.3 is 13.8 Å². The molecule has 0 aromatic heterocycles. The molecule has 0 fully saturated rings. The Labute approximate surface area is 170 Å². The molecule has 1 N–H and O–H groups in total. The van der Waals surface area contributed by atoms with Crippen LogP contribution >= 0.6 is 7.75 Å². The second kappa shape index (κ2) is 9.49. The first-order valence-corrected chi connectivity index (χ1v) is 10.3. The number of hydrogen-bond acceptors (Lipinski definition) is 5. The van der Waals surface area contributed by atoms with E-state index >= 15 is 0 Å². The highest BCUT2D eigenvalue weighted by molar-refractivity contribution is 7.52. The Hall–Kier alpha value is -2.58. The van der Waals surface area contributed by atoms with Gasteiger partial charge in [-0.25, -0.2) is 17.7 Å². The molecular weight excluding hydrogens is 429 g/mol. The predicted molar refractivity (Wildman–Crippen MR) is 100 cm³/mol. The van der Waals surface area contributed by atoms with Crippen LogP contribution < -0.4 is 14.1 Å². The summed E-state index contributed by atoms with van der Waals surface area (Å²) < 4.78 is 84.2. The van der Waals surface area contributed by atoms with E-state index in [0.717, 1.165) is 6.92 Å². The molecule has 164 valence electrons. The molecule has 0 bridgehead atoms. The fraction of sp³-hybridized carbons (Fsp3) is 0.316. The van der Waals surface area contributed by atoms with E-state index in [1.807, 2.05) is 0 Å². The van der Waals surface area contributed by atoms with Crippen LogP contribution in [0.1, 0.15) is 26.3 Å². The van der Waals surface area contributed by atoms with Gasteiger partial charge in [-0.3, -0.25) is 4.79 Å². The van der Waals surface area contributed by atoms with Crippen LogP contribution in [-0.4, -0.2) is 18.1 Å². The van der Waals surface area contributed by atoms with Gasteiger partial charge in [-0.05, 0) is 39.8 Å². The lowest BCUT2D eigenvalue weighted by molar-refractivity contribution is -0.149. The lowest BCUT2D eigenvalue weighted by Gasteiger charge is -2.24. The molecule has 0 aliphatic rings. The van der Waals surface area contributed by atoms with Gasteiger partial charge in [0.1, 0.15) is 11.8 Å². The summed E-state index contributed by atoms with van der Waals surface area (Å²) in [7, 11) is -4.75. The molecule has 2 rings (SSSR count). The molecule has 0 saturated heterocycles. The average Bonchev–Trinajstić information content (AvgIpc) is 2.68. The summed E-state index contributed by atoms with van der Waals surface area (Å²) in [6.07, 6.45) is -0.499. The molecule has 11 heteroatoms.